The molecule has 0 aliphatic heterocycles. The van der Waals surface area contributed by atoms with Crippen molar-refractivity contribution in [1.82, 2.24) is 0 Å². The van der Waals surface area contributed by atoms with E-state index in [2.05, 4.69) is 12.2 Å². The predicted molar refractivity (Wildman–Crippen MR) is 51.8 cm³/mol. The lowest BCUT2D eigenvalue weighted by molar-refractivity contribution is 0.317. The molecule has 0 heterocycles. The molecule has 0 fully saturated rings. The summed E-state index contributed by atoms with van der Waals surface area (Å²) in [5.41, 5.74) is 1.09. The highest BCUT2D eigenvalue weighted by Gasteiger charge is 1.92. The molecule has 2 heteroatoms. The van der Waals surface area contributed by atoms with Crippen LogP contribution in [0.15, 0.2) is 24.3 Å². The van der Waals surface area contributed by atoms with E-state index in [1.54, 1.807) is 0 Å². The minimum Gasteiger partial charge on any atom is -0.494 e. The Labute approximate surface area is 73.6 Å². The van der Waals surface area contributed by atoms with Gasteiger partial charge in [-0.25, -0.2) is 0 Å². The van der Waals surface area contributed by atoms with Crippen LogP contribution in [0, 0.1) is 0 Å². The SMILES string of the molecule is CCCOc1cccc(NC)c1. The zero-order valence-corrected chi connectivity index (χ0v) is 7.63. The Morgan fingerprint density at radius 3 is 2.92 bits per heavy atom. The Morgan fingerprint density at radius 1 is 1.42 bits per heavy atom. The van der Waals surface area contributed by atoms with Crippen LogP contribution in [-0.4, -0.2) is 13.7 Å². The van der Waals surface area contributed by atoms with E-state index >= 15 is 0 Å². The first-order valence-corrected chi connectivity index (χ1v) is 4.27. The maximum Gasteiger partial charge on any atom is 0.121 e. The first-order chi connectivity index (χ1) is 5.86. The molecule has 0 saturated heterocycles. The van der Waals surface area contributed by atoms with Crippen LogP contribution >= 0.6 is 0 Å². The van der Waals surface area contributed by atoms with Gasteiger partial charge in [0.25, 0.3) is 0 Å². The highest BCUT2D eigenvalue weighted by Crippen LogP contribution is 2.16. The molecule has 1 N–H and O–H groups in total. The smallest absolute Gasteiger partial charge is 0.121 e. The van der Waals surface area contributed by atoms with Gasteiger partial charge in [0.05, 0.1) is 6.61 Å². The molecular formula is C10H15NO. The number of ether oxygens (including phenoxy) is 1. The van der Waals surface area contributed by atoms with Crippen molar-refractivity contribution in [3.8, 4) is 5.75 Å². The summed E-state index contributed by atoms with van der Waals surface area (Å²) in [7, 11) is 1.90. The van der Waals surface area contributed by atoms with Crippen molar-refractivity contribution >= 4 is 5.69 Å². The van der Waals surface area contributed by atoms with Crippen LogP contribution in [0.4, 0.5) is 5.69 Å². The summed E-state index contributed by atoms with van der Waals surface area (Å²) >= 11 is 0. The number of hydrogen-bond acceptors (Lipinski definition) is 2. The second-order valence-electron chi connectivity index (χ2n) is 2.63. The summed E-state index contributed by atoms with van der Waals surface area (Å²) in [6.07, 6.45) is 1.05. The molecule has 0 atom stereocenters. The molecule has 12 heavy (non-hydrogen) atoms. The molecular weight excluding hydrogens is 150 g/mol. The molecule has 0 aromatic heterocycles. The number of benzene rings is 1. The molecule has 1 aromatic carbocycles. The van der Waals surface area contributed by atoms with E-state index in [0.717, 1.165) is 24.5 Å². The Kier molecular flexibility index (Phi) is 3.45. The normalized spacial score (nSPS) is 9.50. The van der Waals surface area contributed by atoms with E-state index < -0.39 is 0 Å². The van der Waals surface area contributed by atoms with Crippen molar-refractivity contribution in [2.24, 2.45) is 0 Å². The van der Waals surface area contributed by atoms with Crippen LogP contribution < -0.4 is 10.1 Å². The molecule has 0 unspecified atom stereocenters. The number of nitrogens with one attached hydrogen (secondary N) is 1. The number of hydrogen-bond donors (Lipinski definition) is 1. The molecule has 0 saturated carbocycles. The van der Waals surface area contributed by atoms with Crippen molar-refractivity contribution < 1.29 is 4.74 Å². The summed E-state index contributed by atoms with van der Waals surface area (Å²) in [5.74, 6) is 0.934. The zero-order valence-electron chi connectivity index (χ0n) is 7.63. The predicted octanol–water partition coefficient (Wildman–Crippen LogP) is 2.52. The molecule has 1 aromatic rings. The highest BCUT2D eigenvalue weighted by molar-refractivity contribution is 5.47. The quantitative estimate of drug-likeness (QED) is 0.740. The average molecular weight is 165 g/mol. The summed E-state index contributed by atoms with van der Waals surface area (Å²) in [5, 5.41) is 3.06. The van der Waals surface area contributed by atoms with E-state index in [0.29, 0.717) is 0 Å². The van der Waals surface area contributed by atoms with Gasteiger partial charge < -0.3 is 10.1 Å². The van der Waals surface area contributed by atoms with E-state index in [-0.39, 0.29) is 0 Å². The van der Waals surface area contributed by atoms with Crippen LogP contribution in [0.25, 0.3) is 0 Å². The molecule has 1 rings (SSSR count). The van der Waals surface area contributed by atoms with Crippen LogP contribution in [0.5, 0.6) is 5.75 Å². The summed E-state index contributed by atoms with van der Waals surface area (Å²) in [6.45, 7) is 2.88. The molecule has 0 radical (unpaired) electrons. The molecule has 66 valence electrons. The largest absolute Gasteiger partial charge is 0.494 e. The van der Waals surface area contributed by atoms with Crippen LogP contribution in [0.1, 0.15) is 13.3 Å². The van der Waals surface area contributed by atoms with Gasteiger partial charge in [-0.3, -0.25) is 0 Å². The van der Waals surface area contributed by atoms with Gasteiger partial charge in [-0.05, 0) is 18.6 Å². The second-order valence-corrected chi connectivity index (χ2v) is 2.63. The Bertz CT molecular complexity index is 235. The van der Waals surface area contributed by atoms with Gasteiger partial charge in [0, 0.05) is 18.8 Å². The van der Waals surface area contributed by atoms with Crippen molar-refractivity contribution in [3.63, 3.8) is 0 Å². The fourth-order valence-electron chi connectivity index (χ4n) is 0.961. The van der Waals surface area contributed by atoms with Crippen molar-refractivity contribution in [1.29, 1.82) is 0 Å². The molecule has 0 amide bonds. The zero-order chi connectivity index (χ0) is 8.81. The third-order valence-electron chi connectivity index (χ3n) is 1.60. The minimum atomic E-state index is 0.785. The lowest BCUT2D eigenvalue weighted by Gasteiger charge is -2.05. The van der Waals surface area contributed by atoms with Gasteiger partial charge in [0.2, 0.25) is 0 Å². The summed E-state index contributed by atoms with van der Waals surface area (Å²) in [4.78, 5) is 0. The minimum absolute atomic E-state index is 0.785. The van der Waals surface area contributed by atoms with Crippen molar-refractivity contribution in [2.45, 2.75) is 13.3 Å². The second kappa shape index (κ2) is 4.65. The molecule has 0 spiro atoms. The lowest BCUT2D eigenvalue weighted by atomic mass is 10.3. The first-order valence-electron chi connectivity index (χ1n) is 4.27. The maximum absolute atomic E-state index is 5.46. The van der Waals surface area contributed by atoms with Crippen LogP contribution in [-0.2, 0) is 0 Å². The Balaban J connectivity index is 2.60. The first kappa shape index (κ1) is 8.91. The molecule has 2 nitrogen and oxygen atoms in total. The topological polar surface area (TPSA) is 21.3 Å². The van der Waals surface area contributed by atoms with Gasteiger partial charge in [-0.1, -0.05) is 13.0 Å². The molecule has 0 bridgehead atoms. The average Bonchev–Trinajstić information content (AvgIpc) is 2.15. The van der Waals surface area contributed by atoms with Gasteiger partial charge in [-0.15, -0.1) is 0 Å². The summed E-state index contributed by atoms with van der Waals surface area (Å²) in [6, 6.07) is 7.96. The highest BCUT2D eigenvalue weighted by atomic mass is 16.5. The van der Waals surface area contributed by atoms with Crippen molar-refractivity contribution in [2.75, 3.05) is 19.0 Å². The maximum atomic E-state index is 5.46. The third kappa shape index (κ3) is 2.46. The van der Waals surface area contributed by atoms with E-state index in [4.69, 9.17) is 4.74 Å². The third-order valence-corrected chi connectivity index (χ3v) is 1.60. The van der Waals surface area contributed by atoms with Gasteiger partial charge in [-0.2, -0.15) is 0 Å². The van der Waals surface area contributed by atoms with E-state index in [1.807, 2.05) is 31.3 Å². The van der Waals surface area contributed by atoms with E-state index in [1.165, 1.54) is 0 Å². The number of anilines is 1. The van der Waals surface area contributed by atoms with Crippen molar-refractivity contribution in [3.05, 3.63) is 24.3 Å². The number of rotatable bonds is 4. The van der Waals surface area contributed by atoms with Gasteiger partial charge in [0.15, 0.2) is 0 Å². The summed E-state index contributed by atoms with van der Waals surface area (Å²) < 4.78 is 5.46. The Morgan fingerprint density at radius 2 is 2.25 bits per heavy atom. The van der Waals surface area contributed by atoms with Gasteiger partial charge >= 0.3 is 0 Å². The monoisotopic (exact) mass is 165 g/mol. The van der Waals surface area contributed by atoms with E-state index in [9.17, 15) is 0 Å². The van der Waals surface area contributed by atoms with Crippen LogP contribution in [0.2, 0.25) is 0 Å². The standard InChI is InChI=1S/C10H15NO/c1-3-7-12-10-6-4-5-9(8-10)11-2/h4-6,8,11H,3,7H2,1-2H3. The van der Waals surface area contributed by atoms with Crippen LogP contribution in [0.3, 0.4) is 0 Å². The lowest BCUT2D eigenvalue weighted by Crippen LogP contribution is -1.95. The molecule has 0 aliphatic carbocycles. The fraction of sp³-hybridized carbons (Fsp3) is 0.400. The Hall–Kier alpha value is -1.18. The van der Waals surface area contributed by atoms with Gasteiger partial charge in [0.1, 0.15) is 5.75 Å². The molecule has 0 aliphatic rings. The fourth-order valence-corrected chi connectivity index (χ4v) is 0.961.